The second-order valence-corrected chi connectivity index (χ2v) is 7.69. The van der Waals surface area contributed by atoms with Gasteiger partial charge in [-0.05, 0) is 36.4 Å². The molecule has 33 heavy (non-hydrogen) atoms. The van der Waals surface area contributed by atoms with Gasteiger partial charge < -0.3 is 15.8 Å². The second kappa shape index (κ2) is 8.03. The molecule has 0 fully saturated rings. The molecule has 4 N–H and O–H groups in total. The van der Waals surface area contributed by atoms with Gasteiger partial charge in [0, 0.05) is 24.0 Å². The summed E-state index contributed by atoms with van der Waals surface area (Å²) in [6.45, 7) is 0.0973. The van der Waals surface area contributed by atoms with E-state index in [4.69, 9.17) is 22.1 Å². The summed E-state index contributed by atoms with van der Waals surface area (Å²) in [7, 11) is 0. The van der Waals surface area contributed by atoms with Gasteiger partial charge in [-0.2, -0.15) is 5.10 Å². The van der Waals surface area contributed by atoms with Gasteiger partial charge in [0.05, 0.1) is 11.1 Å². The molecule has 2 amide bonds. The molecule has 5 rings (SSSR count). The van der Waals surface area contributed by atoms with E-state index in [2.05, 4.69) is 15.4 Å². The number of pyridine rings is 1. The van der Waals surface area contributed by atoms with Crippen LogP contribution in [0.2, 0.25) is 5.15 Å². The molecule has 164 valence electrons. The van der Waals surface area contributed by atoms with Gasteiger partial charge in [0.2, 0.25) is 5.69 Å². The van der Waals surface area contributed by atoms with Crippen LogP contribution < -0.4 is 20.5 Å². The number of nitrogens with one attached hydrogen (secondary N) is 2. The van der Waals surface area contributed by atoms with Crippen molar-refractivity contribution in [3.05, 3.63) is 88.6 Å². The Morgan fingerprint density at radius 1 is 1.18 bits per heavy atom. The van der Waals surface area contributed by atoms with Gasteiger partial charge in [-0.3, -0.25) is 9.59 Å². The predicted octanol–water partition coefficient (Wildman–Crippen LogP) is 2.43. The molecule has 8 nitrogen and oxygen atoms in total. The van der Waals surface area contributed by atoms with Gasteiger partial charge in [0.25, 0.3) is 17.5 Å². The van der Waals surface area contributed by atoms with E-state index in [0.29, 0.717) is 33.9 Å². The van der Waals surface area contributed by atoms with Crippen molar-refractivity contribution in [3.63, 3.8) is 0 Å². The van der Waals surface area contributed by atoms with E-state index >= 15 is 0 Å². The van der Waals surface area contributed by atoms with Gasteiger partial charge in [-0.25, -0.2) is 9.37 Å². The standard InChI is InChI=1S/C23H15ClFN5O3/c24-21-15(5-2-8-27-21)23(32)28-13-6-7-18-16(10-13)20-17(11-33-18)19(22(26)31)29-30(20)14-4-1-3-12(25)9-14/h1-10,24H,11H2,(H2-,26,28,31,32)/p+2. The lowest BCUT2D eigenvalue weighted by Crippen LogP contribution is -2.36. The summed E-state index contributed by atoms with van der Waals surface area (Å²) in [5.74, 6) is -0.984. The summed E-state index contributed by atoms with van der Waals surface area (Å²) in [6, 6.07) is 14.2. The molecule has 0 saturated carbocycles. The largest absolute Gasteiger partial charge is 0.488 e. The minimum absolute atomic E-state index is 0.0973. The summed E-state index contributed by atoms with van der Waals surface area (Å²) in [6.07, 6.45) is 1.52. The van der Waals surface area contributed by atoms with Crippen molar-refractivity contribution in [3.8, 4) is 22.7 Å². The zero-order valence-corrected chi connectivity index (χ0v) is 17.8. The lowest BCUT2D eigenvalue weighted by molar-refractivity contribution is -0.645. The highest BCUT2D eigenvalue weighted by atomic mass is 35.5. The van der Waals surface area contributed by atoms with E-state index < -0.39 is 17.6 Å². The highest BCUT2D eigenvalue weighted by Gasteiger charge is 2.36. The first-order chi connectivity index (χ1) is 15.9. The van der Waals surface area contributed by atoms with E-state index in [9.17, 15) is 14.0 Å². The van der Waals surface area contributed by atoms with Crippen LogP contribution in [-0.4, -0.2) is 21.9 Å². The summed E-state index contributed by atoms with van der Waals surface area (Å²) in [4.78, 5) is 28.7. The second-order valence-electron chi connectivity index (χ2n) is 7.30. The predicted molar refractivity (Wildman–Crippen MR) is 113 cm³/mol. The number of H-pyrrole nitrogens is 1. The zero-order valence-electron chi connectivity index (χ0n) is 17.0. The Balaban J connectivity index is 1.62. The number of primary amides is 1. The SMILES string of the molecule is NC(=O)c1[nH][n+](-c2cccc(F)c2)c2c1COc1ccc(NC(=O)c3cccnc3[ClH+])cc1-2. The smallest absolute Gasteiger partial charge is 0.330 e. The minimum Gasteiger partial charge on any atom is -0.488 e. The molecule has 2 aromatic carbocycles. The number of nitrogens with two attached hydrogens (primary N) is 1. The van der Waals surface area contributed by atoms with Crippen molar-refractivity contribution in [1.29, 1.82) is 0 Å². The fraction of sp³-hybridized carbons (Fsp3) is 0.0435. The van der Waals surface area contributed by atoms with Crippen molar-refractivity contribution in [2.24, 2.45) is 5.73 Å². The third-order valence-corrected chi connectivity index (χ3v) is 5.55. The number of aromatic amines is 1. The molecule has 0 spiro atoms. The number of fused-ring (bicyclic) bond motifs is 3. The van der Waals surface area contributed by atoms with Crippen molar-refractivity contribution in [2.75, 3.05) is 5.32 Å². The molecule has 3 heterocycles. The van der Waals surface area contributed by atoms with Gasteiger partial charge in [0.15, 0.2) is 17.3 Å². The van der Waals surface area contributed by atoms with E-state index in [1.165, 1.54) is 18.3 Å². The Kier molecular flexibility index (Phi) is 5.02. The molecule has 0 radical (unpaired) electrons. The van der Waals surface area contributed by atoms with Crippen LogP contribution in [0.15, 0.2) is 60.8 Å². The van der Waals surface area contributed by atoms with Gasteiger partial charge in [-0.15, -0.1) is 0 Å². The number of carbonyl (C=O) groups is 2. The van der Waals surface area contributed by atoms with Gasteiger partial charge in [-0.1, -0.05) is 10.7 Å². The molecule has 10 heteroatoms. The van der Waals surface area contributed by atoms with Crippen molar-refractivity contribution >= 4 is 17.5 Å². The van der Waals surface area contributed by atoms with E-state index in [1.807, 2.05) is 0 Å². The number of hydrogen-bond donors (Lipinski definition) is 3. The topological polar surface area (TPSA) is 114 Å². The molecule has 0 saturated heterocycles. The third kappa shape index (κ3) is 3.68. The van der Waals surface area contributed by atoms with Crippen LogP contribution in [0.5, 0.6) is 5.75 Å². The summed E-state index contributed by atoms with van der Waals surface area (Å²) in [5.41, 5.74) is 8.63. The molecule has 1 aliphatic rings. The van der Waals surface area contributed by atoms with E-state index in [-0.39, 0.29) is 23.0 Å². The Morgan fingerprint density at radius 2 is 2.03 bits per heavy atom. The average Bonchev–Trinajstić information content (AvgIpc) is 3.20. The van der Waals surface area contributed by atoms with Crippen LogP contribution in [0.4, 0.5) is 10.1 Å². The van der Waals surface area contributed by atoms with Crippen molar-refractivity contribution in [2.45, 2.75) is 6.61 Å². The number of benzene rings is 2. The van der Waals surface area contributed by atoms with E-state index in [0.717, 1.165) is 0 Å². The number of amides is 2. The number of ether oxygens (including phenoxy) is 1. The maximum Gasteiger partial charge on any atom is 0.330 e. The molecule has 0 bridgehead atoms. The van der Waals surface area contributed by atoms with Crippen LogP contribution in [0.25, 0.3) is 16.9 Å². The normalized spacial score (nSPS) is 11.8. The van der Waals surface area contributed by atoms with Crippen LogP contribution >= 0.6 is 0 Å². The number of aromatic nitrogens is 3. The molecule has 0 unspecified atom stereocenters. The first-order valence-electron chi connectivity index (χ1n) is 9.85. The number of rotatable bonds is 4. The molecular weight excluding hydrogens is 449 g/mol. The molecule has 0 aliphatic carbocycles. The van der Waals surface area contributed by atoms with Crippen molar-refractivity contribution in [1.82, 2.24) is 10.1 Å². The Bertz CT molecular complexity index is 1440. The van der Waals surface area contributed by atoms with Gasteiger partial charge >= 0.3 is 5.15 Å². The van der Waals surface area contributed by atoms with Crippen LogP contribution in [-0.2, 0) is 6.61 Å². The average molecular weight is 466 g/mol. The number of carbonyl (C=O) groups excluding carboxylic acids is 2. The Labute approximate surface area is 191 Å². The first-order valence-corrected chi connectivity index (χ1v) is 10.3. The van der Waals surface area contributed by atoms with Crippen molar-refractivity contribution < 1.29 is 35.0 Å². The molecule has 1 aliphatic heterocycles. The van der Waals surface area contributed by atoms with Gasteiger partial charge in [0.1, 0.15) is 23.7 Å². The summed E-state index contributed by atoms with van der Waals surface area (Å²) in [5, 5.41) is 5.96. The highest BCUT2D eigenvalue weighted by Crippen LogP contribution is 2.39. The van der Waals surface area contributed by atoms with Crippen LogP contribution in [0.1, 0.15) is 26.4 Å². The Morgan fingerprint density at radius 3 is 2.79 bits per heavy atom. The maximum absolute atomic E-state index is 13.9. The van der Waals surface area contributed by atoms with E-state index in [1.54, 1.807) is 47.1 Å². The molecule has 0 atom stereocenters. The zero-order chi connectivity index (χ0) is 23.1. The highest BCUT2D eigenvalue weighted by molar-refractivity contribution is 6.05. The number of halogens is 2. The fourth-order valence-electron chi connectivity index (χ4n) is 3.76. The minimum atomic E-state index is -0.674. The molecule has 4 aromatic rings. The summed E-state index contributed by atoms with van der Waals surface area (Å²) < 4.78 is 21.3. The number of hydrogen-bond acceptors (Lipinski definition) is 4. The van der Waals surface area contributed by atoms with Crippen LogP contribution in [0.3, 0.4) is 0 Å². The summed E-state index contributed by atoms with van der Waals surface area (Å²) >= 11 is 5.13. The lowest BCUT2D eigenvalue weighted by atomic mass is 10.0. The number of nitrogens with zero attached hydrogens (tertiary/aromatic N) is 2. The fourth-order valence-corrected chi connectivity index (χ4v) is 3.98. The number of anilines is 1. The maximum atomic E-state index is 13.9. The first kappa shape index (κ1) is 20.7. The monoisotopic (exact) mass is 465 g/mol. The Hall–Kier alpha value is -4.24. The third-order valence-electron chi connectivity index (χ3n) is 5.23. The molecule has 2 aromatic heterocycles. The quantitative estimate of drug-likeness (QED) is 0.317. The lowest BCUT2D eigenvalue weighted by Gasteiger charge is -2.16. The molecular formula is C23H17ClFN5O3+2. The van der Waals surface area contributed by atoms with Crippen LogP contribution in [0, 0.1) is 17.4 Å².